The molecule has 1 amide bonds. The van der Waals surface area contributed by atoms with E-state index in [1.54, 1.807) is 0 Å². The predicted octanol–water partition coefficient (Wildman–Crippen LogP) is 2.86. The van der Waals surface area contributed by atoms with Gasteiger partial charge in [0.1, 0.15) is 11.5 Å². The summed E-state index contributed by atoms with van der Waals surface area (Å²) in [5.41, 5.74) is -0.369. The van der Waals surface area contributed by atoms with E-state index < -0.39 is 0 Å². The molecule has 20 heavy (non-hydrogen) atoms. The third kappa shape index (κ3) is 2.90. The fourth-order valence-corrected chi connectivity index (χ4v) is 2.94. The zero-order valence-corrected chi connectivity index (χ0v) is 13.0. The number of nitrogens with one attached hydrogen (secondary N) is 1. The average molecular weight is 278 g/mol. The standard InChI is InChI=1S/C16H26N2O2/c1-5-16(9-6-10-17-16)15(19)18(12(2)3)11-14-8-7-13(4)20-14/h7-8,12,17H,5-6,9-11H2,1-4H3. The van der Waals surface area contributed by atoms with Gasteiger partial charge in [-0.05, 0) is 58.7 Å². The van der Waals surface area contributed by atoms with Crippen molar-refractivity contribution in [1.29, 1.82) is 0 Å². The molecule has 0 spiro atoms. The molecule has 1 unspecified atom stereocenters. The molecule has 1 aliphatic rings. The predicted molar refractivity (Wildman–Crippen MR) is 79.4 cm³/mol. The first-order valence-electron chi connectivity index (χ1n) is 7.60. The summed E-state index contributed by atoms with van der Waals surface area (Å²) in [5, 5.41) is 3.42. The molecular weight excluding hydrogens is 252 g/mol. The van der Waals surface area contributed by atoms with E-state index in [1.807, 2.05) is 24.0 Å². The minimum Gasteiger partial charge on any atom is -0.464 e. The molecule has 1 aliphatic heterocycles. The van der Waals surface area contributed by atoms with Crippen LogP contribution >= 0.6 is 0 Å². The van der Waals surface area contributed by atoms with Gasteiger partial charge in [-0.3, -0.25) is 4.79 Å². The Balaban J connectivity index is 2.17. The first-order valence-corrected chi connectivity index (χ1v) is 7.60. The van der Waals surface area contributed by atoms with Crippen LogP contribution in [0.3, 0.4) is 0 Å². The van der Waals surface area contributed by atoms with Gasteiger partial charge in [0, 0.05) is 6.04 Å². The number of amides is 1. The van der Waals surface area contributed by atoms with Crippen molar-refractivity contribution >= 4 is 5.91 Å². The smallest absolute Gasteiger partial charge is 0.243 e. The topological polar surface area (TPSA) is 45.5 Å². The van der Waals surface area contributed by atoms with Gasteiger partial charge in [0.05, 0.1) is 12.1 Å². The van der Waals surface area contributed by atoms with Crippen LogP contribution < -0.4 is 5.32 Å². The van der Waals surface area contributed by atoms with Gasteiger partial charge in [0.2, 0.25) is 5.91 Å². The summed E-state index contributed by atoms with van der Waals surface area (Å²) >= 11 is 0. The molecule has 2 heterocycles. The average Bonchev–Trinajstić information content (AvgIpc) is 3.04. The van der Waals surface area contributed by atoms with Crippen LogP contribution in [0.15, 0.2) is 16.5 Å². The third-order valence-corrected chi connectivity index (χ3v) is 4.26. The zero-order chi connectivity index (χ0) is 14.8. The Bertz CT molecular complexity index is 459. The summed E-state index contributed by atoms with van der Waals surface area (Å²) < 4.78 is 5.63. The van der Waals surface area contributed by atoms with Crippen LogP contribution in [0.25, 0.3) is 0 Å². The van der Waals surface area contributed by atoms with Crippen molar-refractivity contribution in [3.05, 3.63) is 23.7 Å². The second kappa shape index (κ2) is 6.00. The zero-order valence-electron chi connectivity index (χ0n) is 13.0. The molecule has 0 aromatic carbocycles. The molecular formula is C16H26N2O2. The number of hydrogen-bond acceptors (Lipinski definition) is 3. The van der Waals surface area contributed by atoms with Gasteiger partial charge in [0.15, 0.2) is 0 Å². The quantitative estimate of drug-likeness (QED) is 0.901. The molecule has 1 atom stereocenters. The van der Waals surface area contributed by atoms with Crippen LogP contribution in [-0.4, -0.2) is 28.9 Å². The number of rotatable bonds is 5. The summed E-state index contributed by atoms with van der Waals surface area (Å²) in [5.74, 6) is 1.95. The van der Waals surface area contributed by atoms with E-state index in [4.69, 9.17) is 4.42 Å². The maximum Gasteiger partial charge on any atom is 0.243 e. The molecule has 2 rings (SSSR count). The maximum absolute atomic E-state index is 13.0. The number of furan rings is 1. The highest BCUT2D eigenvalue weighted by Gasteiger charge is 2.42. The maximum atomic E-state index is 13.0. The van der Waals surface area contributed by atoms with E-state index in [2.05, 4.69) is 26.1 Å². The molecule has 1 N–H and O–H groups in total. The van der Waals surface area contributed by atoms with Crippen LogP contribution in [-0.2, 0) is 11.3 Å². The number of hydrogen-bond donors (Lipinski definition) is 1. The van der Waals surface area contributed by atoms with Gasteiger partial charge < -0.3 is 14.6 Å². The summed E-state index contributed by atoms with van der Waals surface area (Å²) in [7, 11) is 0. The number of nitrogens with zero attached hydrogens (tertiary/aromatic N) is 1. The van der Waals surface area contributed by atoms with Crippen molar-refractivity contribution in [2.45, 2.75) is 65.1 Å². The second-order valence-corrected chi connectivity index (χ2v) is 6.01. The van der Waals surface area contributed by atoms with Crippen LogP contribution in [0, 0.1) is 6.92 Å². The molecule has 0 saturated carbocycles. The lowest BCUT2D eigenvalue weighted by Gasteiger charge is -2.36. The van der Waals surface area contributed by atoms with E-state index in [0.717, 1.165) is 37.3 Å². The summed E-state index contributed by atoms with van der Waals surface area (Å²) in [6.07, 6.45) is 2.85. The molecule has 1 saturated heterocycles. The Morgan fingerprint density at radius 2 is 2.25 bits per heavy atom. The van der Waals surface area contributed by atoms with Crippen molar-refractivity contribution < 1.29 is 9.21 Å². The van der Waals surface area contributed by atoms with Crippen molar-refractivity contribution in [2.75, 3.05) is 6.54 Å². The van der Waals surface area contributed by atoms with Crippen LogP contribution in [0.5, 0.6) is 0 Å². The summed E-state index contributed by atoms with van der Waals surface area (Å²) in [6.45, 7) is 9.63. The number of carbonyl (C=O) groups is 1. The van der Waals surface area contributed by atoms with Crippen molar-refractivity contribution in [3.63, 3.8) is 0 Å². The SMILES string of the molecule is CCC1(C(=O)N(Cc2ccc(C)o2)C(C)C)CCCN1. The monoisotopic (exact) mass is 278 g/mol. The fourth-order valence-electron chi connectivity index (χ4n) is 2.94. The van der Waals surface area contributed by atoms with Gasteiger partial charge in [-0.15, -0.1) is 0 Å². The Morgan fingerprint density at radius 3 is 2.70 bits per heavy atom. The Kier molecular flexibility index (Phi) is 4.53. The minimum absolute atomic E-state index is 0.165. The molecule has 0 aliphatic carbocycles. The number of aryl methyl sites for hydroxylation is 1. The second-order valence-electron chi connectivity index (χ2n) is 6.01. The van der Waals surface area contributed by atoms with Gasteiger partial charge in [-0.1, -0.05) is 6.92 Å². The highest BCUT2D eigenvalue weighted by atomic mass is 16.3. The molecule has 112 valence electrons. The Labute approximate surface area is 121 Å². The van der Waals surface area contributed by atoms with E-state index in [9.17, 15) is 4.79 Å². The van der Waals surface area contributed by atoms with E-state index in [0.29, 0.717) is 6.54 Å². The van der Waals surface area contributed by atoms with Crippen molar-refractivity contribution in [3.8, 4) is 0 Å². The lowest BCUT2D eigenvalue weighted by Crippen LogP contribution is -2.55. The van der Waals surface area contributed by atoms with Crippen LogP contribution in [0.4, 0.5) is 0 Å². The lowest BCUT2D eigenvalue weighted by molar-refractivity contribution is -0.140. The molecule has 1 aromatic heterocycles. The molecule has 1 fully saturated rings. The van der Waals surface area contributed by atoms with Gasteiger partial charge in [0.25, 0.3) is 0 Å². The van der Waals surface area contributed by atoms with E-state index >= 15 is 0 Å². The first-order chi connectivity index (χ1) is 9.48. The van der Waals surface area contributed by atoms with E-state index in [-0.39, 0.29) is 17.5 Å². The lowest BCUT2D eigenvalue weighted by atomic mass is 9.92. The molecule has 4 nitrogen and oxygen atoms in total. The normalized spacial score (nSPS) is 22.4. The fraction of sp³-hybridized carbons (Fsp3) is 0.688. The van der Waals surface area contributed by atoms with Crippen LogP contribution in [0.1, 0.15) is 51.6 Å². The Hall–Kier alpha value is -1.29. The first kappa shape index (κ1) is 15.1. The largest absolute Gasteiger partial charge is 0.464 e. The van der Waals surface area contributed by atoms with Crippen molar-refractivity contribution in [2.24, 2.45) is 0 Å². The van der Waals surface area contributed by atoms with E-state index in [1.165, 1.54) is 0 Å². The summed E-state index contributed by atoms with van der Waals surface area (Å²) in [6, 6.07) is 4.07. The Morgan fingerprint density at radius 1 is 1.50 bits per heavy atom. The number of carbonyl (C=O) groups excluding carboxylic acids is 1. The van der Waals surface area contributed by atoms with Gasteiger partial charge in [-0.2, -0.15) is 0 Å². The van der Waals surface area contributed by atoms with Crippen LogP contribution in [0.2, 0.25) is 0 Å². The highest BCUT2D eigenvalue weighted by Crippen LogP contribution is 2.27. The van der Waals surface area contributed by atoms with Gasteiger partial charge >= 0.3 is 0 Å². The molecule has 0 bridgehead atoms. The molecule has 1 aromatic rings. The third-order valence-electron chi connectivity index (χ3n) is 4.26. The van der Waals surface area contributed by atoms with Gasteiger partial charge in [-0.25, -0.2) is 0 Å². The summed E-state index contributed by atoms with van der Waals surface area (Å²) in [4.78, 5) is 14.9. The molecule has 4 heteroatoms. The highest BCUT2D eigenvalue weighted by molar-refractivity contribution is 5.87. The minimum atomic E-state index is -0.369. The molecule has 0 radical (unpaired) electrons. The van der Waals surface area contributed by atoms with Crippen molar-refractivity contribution in [1.82, 2.24) is 10.2 Å².